The molecular weight excluding hydrogens is 250 g/mol. The highest BCUT2D eigenvalue weighted by molar-refractivity contribution is 5.63. The molecule has 94 valence electrons. The van der Waals surface area contributed by atoms with Crippen molar-refractivity contribution in [2.45, 2.75) is 6.18 Å². The highest BCUT2D eigenvalue weighted by Crippen LogP contribution is 2.29. The average molecular weight is 257 g/mol. The Labute approximate surface area is 98.9 Å². The maximum atomic E-state index is 12.7. The normalized spacial score (nSPS) is 11.6. The molecule has 0 atom stereocenters. The van der Waals surface area contributed by atoms with Gasteiger partial charge in [0.2, 0.25) is 0 Å². The molecule has 1 N–H and O–H groups in total. The molecular formula is C12H7F4NO. The number of aromatic nitrogens is 1. The van der Waals surface area contributed by atoms with Gasteiger partial charge in [-0.25, -0.2) is 4.39 Å². The van der Waals surface area contributed by atoms with Gasteiger partial charge in [0, 0.05) is 6.20 Å². The fraction of sp³-hybridized carbons (Fsp3) is 0.0833. The summed E-state index contributed by atoms with van der Waals surface area (Å²) in [6.45, 7) is 0. The first-order valence-electron chi connectivity index (χ1n) is 4.94. The largest absolute Gasteiger partial charge is 0.421 e. The molecule has 0 saturated heterocycles. The van der Waals surface area contributed by atoms with Gasteiger partial charge < -0.3 is 4.98 Å². The van der Waals surface area contributed by atoms with Crippen LogP contribution in [0.1, 0.15) is 5.56 Å². The number of alkyl halides is 3. The highest BCUT2D eigenvalue weighted by atomic mass is 19.4. The minimum absolute atomic E-state index is 0.168. The van der Waals surface area contributed by atoms with Crippen LogP contribution in [0.5, 0.6) is 0 Å². The summed E-state index contributed by atoms with van der Waals surface area (Å²) in [4.78, 5) is 13.1. The number of aromatic amines is 1. The van der Waals surface area contributed by atoms with E-state index in [1.807, 2.05) is 4.98 Å². The van der Waals surface area contributed by atoms with Gasteiger partial charge >= 0.3 is 6.18 Å². The Kier molecular flexibility index (Phi) is 2.94. The van der Waals surface area contributed by atoms with E-state index < -0.39 is 23.1 Å². The van der Waals surface area contributed by atoms with Crippen LogP contribution in [0.3, 0.4) is 0 Å². The number of benzene rings is 1. The highest BCUT2D eigenvalue weighted by Gasteiger charge is 2.34. The van der Waals surface area contributed by atoms with Crippen LogP contribution in [0.4, 0.5) is 17.6 Å². The Balaban J connectivity index is 2.54. The number of hydrogen-bond donors (Lipinski definition) is 1. The van der Waals surface area contributed by atoms with E-state index in [-0.39, 0.29) is 5.56 Å². The molecule has 0 aliphatic heterocycles. The summed E-state index contributed by atoms with van der Waals surface area (Å²) < 4.78 is 50.3. The number of hydrogen-bond acceptors (Lipinski definition) is 1. The average Bonchev–Trinajstić information content (AvgIpc) is 2.29. The quantitative estimate of drug-likeness (QED) is 0.782. The van der Waals surface area contributed by atoms with Crippen LogP contribution >= 0.6 is 0 Å². The van der Waals surface area contributed by atoms with Crippen molar-refractivity contribution < 1.29 is 17.6 Å². The zero-order valence-corrected chi connectivity index (χ0v) is 8.88. The molecule has 6 heteroatoms. The topological polar surface area (TPSA) is 32.9 Å². The molecule has 0 spiro atoms. The molecule has 0 amide bonds. The summed E-state index contributed by atoms with van der Waals surface area (Å²) in [5.74, 6) is -0.487. The summed E-state index contributed by atoms with van der Waals surface area (Å²) in [5.41, 5.74) is -1.92. The van der Waals surface area contributed by atoms with Gasteiger partial charge in [0.25, 0.3) is 5.56 Å². The second kappa shape index (κ2) is 4.29. The minimum atomic E-state index is -4.72. The monoisotopic (exact) mass is 257 g/mol. The Hall–Kier alpha value is -2.11. The number of pyridine rings is 1. The maximum absolute atomic E-state index is 12.7. The van der Waals surface area contributed by atoms with Crippen molar-refractivity contribution in [2.24, 2.45) is 0 Å². The number of nitrogens with one attached hydrogen (secondary N) is 1. The van der Waals surface area contributed by atoms with Gasteiger partial charge in [-0.15, -0.1) is 0 Å². The Morgan fingerprint density at radius 1 is 1.00 bits per heavy atom. The maximum Gasteiger partial charge on any atom is 0.421 e. The molecule has 1 aromatic carbocycles. The minimum Gasteiger partial charge on any atom is -0.328 e. The Morgan fingerprint density at radius 2 is 1.61 bits per heavy atom. The molecule has 1 aromatic heterocycles. The molecule has 0 radical (unpaired) electrons. The molecule has 0 bridgehead atoms. The molecule has 0 fully saturated rings. The molecule has 2 rings (SSSR count). The third-order valence-electron chi connectivity index (χ3n) is 2.39. The summed E-state index contributed by atoms with van der Waals surface area (Å²) in [5, 5.41) is 0. The lowest BCUT2D eigenvalue weighted by molar-refractivity contribution is -0.138. The van der Waals surface area contributed by atoms with Crippen molar-refractivity contribution >= 4 is 0 Å². The van der Waals surface area contributed by atoms with Crippen LogP contribution < -0.4 is 5.56 Å². The van der Waals surface area contributed by atoms with Crippen LogP contribution in [0.15, 0.2) is 41.3 Å². The van der Waals surface area contributed by atoms with E-state index in [0.29, 0.717) is 5.56 Å². The number of rotatable bonds is 1. The van der Waals surface area contributed by atoms with E-state index in [0.717, 1.165) is 24.4 Å². The summed E-state index contributed by atoms with van der Waals surface area (Å²) in [6, 6.07) is 5.68. The van der Waals surface area contributed by atoms with Crippen LogP contribution in [-0.4, -0.2) is 4.98 Å². The van der Waals surface area contributed by atoms with Crippen molar-refractivity contribution in [3.05, 3.63) is 58.3 Å². The van der Waals surface area contributed by atoms with Crippen LogP contribution in [0, 0.1) is 5.82 Å². The summed E-state index contributed by atoms with van der Waals surface area (Å²) in [7, 11) is 0. The predicted octanol–water partition coefficient (Wildman–Crippen LogP) is 3.20. The van der Waals surface area contributed by atoms with Gasteiger partial charge in [0.05, 0.1) is 0 Å². The molecule has 0 aliphatic carbocycles. The Bertz CT molecular complexity index is 613. The van der Waals surface area contributed by atoms with Gasteiger partial charge in [-0.05, 0) is 29.3 Å². The third-order valence-corrected chi connectivity index (χ3v) is 2.39. The van der Waals surface area contributed by atoms with Crippen LogP contribution in [0.25, 0.3) is 11.1 Å². The molecule has 0 unspecified atom stereocenters. The van der Waals surface area contributed by atoms with Crippen molar-refractivity contribution in [1.29, 1.82) is 0 Å². The molecule has 2 nitrogen and oxygen atoms in total. The van der Waals surface area contributed by atoms with E-state index in [1.165, 1.54) is 12.1 Å². The fourth-order valence-corrected chi connectivity index (χ4v) is 1.50. The lowest BCUT2D eigenvalue weighted by Gasteiger charge is -2.07. The fourth-order valence-electron chi connectivity index (χ4n) is 1.50. The lowest BCUT2D eigenvalue weighted by atomic mass is 10.1. The SMILES string of the molecule is O=c1[nH]cc(-c2ccc(F)cc2)cc1C(F)(F)F. The predicted molar refractivity (Wildman–Crippen MR) is 57.5 cm³/mol. The standard InChI is InChI=1S/C12H7F4NO/c13-9-3-1-7(2-4-9)8-5-10(12(14,15)16)11(18)17-6-8/h1-6H,(H,17,18). The van der Waals surface area contributed by atoms with E-state index in [1.54, 1.807) is 0 Å². The first-order chi connectivity index (χ1) is 8.38. The van der Waals surface area contributed by atoms with Crippen molar-refractivity contribution in [1.82, 2.24) is 4.98 Å². The van der Waals surface area contributed by atoms with E-state index in [2.05, 4.69) is 0 Å². The molecule has 0 aliphatic rings. The van der Waals surface area contributed by atoms with E-state index in [9.17, 15) is 22.4 Å². The zero-order chi connectivity index (χ0) is 13.3. The van der Waals surface area contributed by atoms with Gasteiger partial charge in [0.15, 0.2) is 0 Å². The summed E-state index contributed by atoms with van der Waals surface area (Å²) in [6.07, 6.45) is -3.56. The van der Waals surface area contributed by atoms with Crippen LogP contribution in [0.2, 0.25) is 0 Å². The van der Waals surface area contributed by atoms with Crippen molar-refractivity contribution in [3.8, 4) is 11.1 Å². The first kappa shape index (κ1) is 12.3. The lowest BCUT2D eigenvalue weighted by Crippen LogP contribution is -2.20. The Morgan fingerprint density at radius 3 is 2.17 bits per heavy atom. The second-order valence-corrected chi connectivity index (χ2v) is 3.64. The second-order valence-electron chi connectivity index (χ2n) is 3.64. The number of H-pyrrole nitrogens is 1. The molecule has 2 aromatic rings. The van der Waals surface area contributed by atoms with E-state index >= 15 is 0 Å². The molecule has 18 heavy (non-hydrogen) atoms. The smallest absolute Gasteiger partial charge is 0.328 e. The van der Waals surface area contributed by atoms with Gasteiger partial charge in [-0.3, -0.25) is 4.79 Å². The first-order valence-corrected chi connectivity index (χ1v) is 4.94. The van der Waals surface area contributed by atoms with Crippen molar-refractivity contribution in [3.63, 3.8) is 0 Å². The third kappa shape index (κ3) is 2.42. The van der Waals surface area contributed by atoms with Gasteiger partial charge in [-0.2, -0.15) is 13.2 Å². The van der Waals surface area contributed by atoms with Crippen LogP contribution in [-0.2, 0) is 6.18 Å². The van der Waals surface area contributed by atoms with Crippen molar-refractivity contribution in [2.75, 3.05) is 0 Å². The van der Waals surface area contributed by atoms with Gasteiger partial charge in [-0.1, -0.05) is 12.1 Å². The molecule has 1 heterocycles. The summed E-state index contributed by atoms with van der Waals surface area (Å²) >= 11 is 0. The van der Waals surface area contributed by atoms with E-state index in [4.69, 9.17) is 0 Å². The van der Waals surface area contributed by atoms with Gasteiger partial charge in [0.1, 0.15) is 11.4 Å². The molecule has 0 saturated carbocycles. The zero-order valence-electron chi connectivity index (χ0n) is 8.88. The number of halogens is 4.